The average Bonchev–Trinajstić information content (AvgIpc) is 3.29. The molecule has 1 atom stereocenters. The highest BCUT2D eigenvalue weighted by molar-refractivity contribution is 7.89. The SMILES string of the molecule is CCCC(CC)NS(=O)(=O)c1ccc(CNC2CC2)cc1. The molecule has 118 valence electrons. The van der Waals surface area contributed by atoms with E-state index in [0.29, 0.717) is 10.9 Å². The van der Waals surface area contributed by atoms with Crippen molar-refractivity contribution in [1.29, 1.82) is 0 Å². The molecule has 0 aliphatic heterocycles. The van der Waals surface area contributed by atoms with Crippen LogP contribution in [-0.2, 0) is 16.6 Å². The lowest BCUT2D eigenvalue weighted by Gasteiger charge is -2.16. The summed E-state index contributed by atoms with van der Waals surface area (Å²) in [4.78, 5) is 0.354. The Bertz CT molecular complexity index is 536. The first-order chi connectivity index (χ1) is 10.0. The summed E-state index contributed by atoms with van der Waals surface area (Å²) in [6.45, 7) is 4.89. The van der Waals surface area contributed by atoms with Gasteiger partial charge in [0.1, 0.15) is 0 Å². The van der Waals surface area contributed by atoms with Crippen molar-refractivity contribution < 1.29 is 8.42 Å². The monoisotopic (exact) mass is 310 g/mol. The van der Waals surface area contributed by atoms with Crippen LogP contribution in [0, 0.1) is 0 Å². The zero-order valence-electron chi connectivity index (χ0n) is 12.9. The summed E-state index contributed by atoms with van der Waals surface area (Å²) in [7, 11) is -3.40. The van der Waals surface area contributed by atoms with Gasteiger partial charge in [0, 0.05) is 18.6 Å². The third-order valence-corrected chi connectivity index (χ3v) is 5.39. The van der Waals surface area contributed by atoms with E-state index in [4.69, 9.17) is 0 Å². The molecular formula is C16H26N2O2S. The Morgan fingerprint density at radius 2 is 1.86 bits per heavy atom. The second-order valence-electron chi connectivity index (χ2n) is 5.81. The van der Waals surface area contributed by atoms with Crippen LogP contribution in [0.1, 0.15) is 51.5 Å². The number of hydrogen-bond acceptors (Lipinski definition) is 3. The van der Waals surface area contributed by atoms with Crippen molar-refractivity contribution in [2.75, 3.05) is 0 Å². The third-order valence-electron chi connectivity index (χ3n) is 3.86. The number of sulfonamides is 1. The minimum atomic E-state index is -3.40. The molecule has 0 amide bonds. The Labute approximate surface area is 128 Å². The van der Waals surface area contributed by atoms with E-state index in [1.165, 1.54) is 12.8 Å². The zero-order chi connectivity index (χ0) is 15.3. The van der Waals surface area contributed by atoms with Gasteiger partial charge >= 0.3 is 0 Å². The van der Waals surface area contributed by atoms with E-state index in [9.17, 15) is 8.42 Å². The fraction of sp³-hybridized carbons (Fsp3) is 0.625. The van der Waals surface area contributed by atoms with Crippen LogP contribution in [0.15, 0.2) is 29.2 Å². The molecule has 4 nitrogen and oxygen atoms in total. The largest absolute Gasteiger partial charge is 0.310 e. The van der Waals surface area contributed by atoms with Crippen LogP contribution < -0.4 is 10.0 Å². The second-order valence-corrected chi connectivity index (χ2v) is 7.53. The molecule has 0 heterocycles. The molecule has 2 N–H and O–H groups in total. The lowest BCUT2D eigenvalue weighted by atomic mass is 10.1. The van der Waals surface area contributed by atoms with Crippen LogP contribution in [0.2, 0.25) is 0 Å². The van der Waals surface area contributed by atoms with Crippen molar-refractivity contribution in [2.45, 2.75) is 69.5 Å². The van der Waals surface area contributed by atoms with Crippen molar-refractivity contribution in [3.05, 3.63) is 29.8 Å². The van der Waals surface area contributed by atoms with E-state index >= 15 is 0 Å². The molecule has 1 fully saturated rings. The second kappa shape index (κ2) is 7.38. The highest BCUT2D eigenvalue weighted by atomic mass is 32.2. The molecule has 0 spiro atoms. The normalized spacial score (nSPS) is 16.9. The Kier molecular flexibility index (Phi) is 5.79. The molecule has 2 rings (SSSR count). The predicted molar refractivity (Wildman–Crippen MR) is 85.6 cm³/mol. The zero-order valence-corrected chi connectivity index (χ0v) is 13.7. The molecule has 1 aromatic rings. The van der Waals surface area contributed by atoms with Crippen molar-refractivity contribution in [3.8, 4) is 0 Å². The van der Waals surface area contributed by atoms with Crippen molar-refractivity contribution in [1.82, 2.24) is 10.0 Å². The molecule has 21 heavy (non-hydrogen) atoms. The van der Waals surface area contributed by atoms with Crippen LogP contribution in [-0.4, -0.2) is 20.5 Å². The van der Waals surface area contributed by atoms with Crippen LogP contribution in [0.25, 0.3) is 0 Å². The summed E-state index contributed by atoms with van der Waals surface area (Å²) in [5.41, 5.74) is 1.13. The summed E-state index contributed by atoms with van der Waals surface area (Å²) in [6, 6.07) is 7.87. The summed E-state index contributed by atoms with van der Waals surface area (Å²) in [5, 5.41) is 3.42. The van der Waals surface area contributed by atoms with Crippen LogP contribution >= 0.6 is 0 Å². The van der Waals surface area contributed by atoms with Gasteiger partial charge in [0.05, 0.1) is 4.90 Å². The van der Waals surface area contributed by atoms with Gasteiger partial charge < -0.3 is 5.32 Å². The van der Waals surface area contributed by atoms with Gasteiger partial charge in [-0.05, 0) is 43.4 Å². The van der Waals surface area contributed by atoms with E-state index in [2.05, 4.69) is 17.0 Å². The van der Waals surface area contributed by atoms with Gasteiger partial charge in [-0.3, -0.25) is 0 Å². The number of benzene rings is 1. The van der Waals surface area contributed by atoms with Crippen molar-refractivity contribution in [2.24, 2.45) is 0 Å². The molecular weight excluding hydrogens is 284 g/mol. The minimum absolute atomic E-state index is 0.0243. The van der Waals surface area contributed by atoms with Crippen molar-refractivity contribution in [3.63, 3.8) is 0 Å². The maximum Gasteiger partial charge on any atom is 0.240 e. The summed E-state index contributed by atoms with van der Waals surface area (Å²) in [6.07, 6.45) is 5.18. The van der Waals surface area contributed by atoms with E-state index in [1.807, 2.05) is 19.1 Å². The molecule has 1 unspecified atom stereocenters. The number of hydrogen-bond donors (Lipinski definition) is 2. The first-order valence-corrected chi connectivity index (χ1v) is 9.38. The first kappa shape index (κ1) is 16.5. The molecule has 1 aliphatic rings. The van der Waals surface area contributed by atoms with Gasteiger partial charge in [0.25, 0.3) is 0 Å². The molecule has 1 aliphatic carbocycles. The molecule has 1 saturated carbocycles. The summed E-state index contributed by atoms with van der Waals surface area (Å²) in [5.74, 6) is 0. The van der Waals surface area contributed by atoms with Gasteiger partial charge in [-0.2, -0.15) is 0 Å². The Morgan fingerprint density at radius 1 is 1.19 bits per heavy atom. The molecule has 0 saturated heterocycles. The lowest BCUT2D eigenvalue weighted by molar-refractivity contribution is 0.512. The first-order valence-electron chi connectivity index (χ1n) is 7.89. The Hall–Kier alpha value is -0.910. The maximum absolute atomic E-state index is 12.3. The smallest absolute Gasteiger partial charge is 0.240 e. The van der Waals surface area contributed by atoms with E-state index in [1.54, 1.807) is 12.1 Å². The number of rotatable bonds is 9. The quantitative estimate of drug-likeness (QED) is 0.737. The van der Waals surface area contributed by atoms with Gasteiger partial charge in [0.2, 0.25) is 10.0 Å². The fourth-order valence-electron chi connectivity index (χ4n) is 2.32. The molecule has 5 heteroatoms. The highest BCUT2D eigenvalue weighted by Crippen LogP contribution is 2.19. The molecule has 0 radical (unpaired) electrons. The van der Waals surface area contributed by atoms with Gasteiger partial charge in [-0.25, -0.2) is 13.1 Å². The Morgan fingerprint density at radius 3 is 2.38 bits per heavy atom. The molecule has 0 bridgehead atoms. The van der Waals surface area contributed by atoms with Crippen LogP contribution in [0.5, 0.6) is 0 Å². The summed E-state index contributed by atoms with van der Waals surface area (Å²) >= 11 is 0. The summed E-state index contributed by atoms with van der Waals surface area (Å²) < 4.78 is 27.5. The van der Waals surface area contributed by atoms with Crippen molar-refractivity contribution >= 4 is 10.0 Å². The standard InChI is InChI=1S/C16H26N2O2S/c1-3-5-14(4-2)18-21(19,20)16-10-6-13(7-11-16)12-17-15-8-9-15/h6-7,10-11,14-15,17-18H,3-5,8-9,12H2,1-2H3. The van der Waals surface area contributed by atoms with Gasteiger partial charge in [0.15, 0.2) is 0 Å². The maximum atomic E-state index is 12.3. The average molecular weight is 310 g/mol. The van der Waals surface area contributed by atoms with E-state index in [-0.39, 0.29) is 6.04 Å². The minimum Gasteiger partial charge on any atom is -0.310 e. The van der Waals surface area contributed by atoms with Crippen LogP contribution in [0.3, 0.4) is 0 Å². The predicted octanol–water partition coefficient (Wildman–Crippen LogP) is 2.80. The topological polar surface area (TPSA) is 58.2 Å². The number of nitrogens with one attached hydrogen (secondary N) is 2. The van der Waals surface area contributed by atoms with Gasteiger partial charge in [-0.15, -0.1) is 0 Å². The van der Waals surface area contributed by atoms with E-state index in [0.717, 1.165) is 31.4 Å². The Balaban J connectivity index is 1.98. The van der Waals surface area contributed by atoms with Gasteiger partial charge in [-0.1, -0.05) is 32.4 Å². The molecule has 0 aromatic heterocycles. The fourth-order valence-corrected chi connectivity index (χ4v) is 3.67. The molecule has 1 aromatic carbocycles. The lowest BCUT2D eigenvalue weighted by Crippen LogP contribution is -2.34. The third kappa shape index (κ3) is 5.09. The van der Waals surface area contributed by atoms with Crippen LogP contribution in [0.4, 0.5) is 0 Å². The van der Waals surface area contributed by atoms with E-state index < -0.39 is 10.0 Å². The highest BCUT2D eigenvalue weighted by Gasteiger charge is 2.20.